The second kappa shape index (κ2) is 5.34. The minimum Gasteiger partial charge on any atom is -0.478 e. The van der Waals surface area contributed by atoms with E-state index in [0.717, 1.165) is 17.0 Å². The molecule has 0 aliphatic heterocycles. The zero-order valence-corrected chi connectivity index (χ0v) is 12.9. The van der Waals surface area contributed by atoms with Crippen LogP contribution >= 0.6 is 11.3 Å². The van der Waals surface area contributed by atoms with Gasteiger partial charge >= 0.3 is 5.97 Å². The maximum atomic E-state index is 12.3. The number of aromatic nitrogens is 1. The van der Waals surface area contributed by atoms with Crippen molar-refractivity contribution in [3.05, 3.63) is 34.3 Å². The van der Waals surface area contributed by atoms with Crippen molar-refractivity contribution in [2.45, 2.75) is 18.7 Å². The first-order valence-corrected chi connectivity index (χ1v) is 8.10. The van der Waals surface area contributed by atoms with E-state index in [9.17, 15) is 13.2 Å². The standard InChI is InChI=1S/C12H13N3O4S2/c1-6-7(2)20-12(14-6)15-21(18,19)10-5-8(13)3-4-9(10)11(16)17/h3-5H,13H2,1-2H3,(H,14,15)(H,16,17). The van der Waals surface area contributed by atoms with E-state index in [2.05, 4.69) is 9.71 Å². The summed E-state index contributed by atoms with van der Waals surface area (Å²) < 4.78 is 27.0. The number of thiazole rings is 1. The Hall–Kier alpha value is -2.13. The molecule has 21 heavy (non-hydrogen) atoms. The van der Waals surface area contributed by atoms with Crippen LogP contribution in [0.3, 0.4) is 0 Å². The van der Waals surface area contributed by atoms with Crippen LogP contribution in [-0.2, 0) is 10.0 Å². The number of sulfonamides is 1. The zero-order chi connectivity index (χ0) is 15.8. The average molecular weight is 327 g/mol. The number of anilines is 2. The second-order valence-corrected chi connectivity index (χ2v) is 7.18. The number of nitrogens with one attached hydrogen (secondary N) is 1. The molecule has 0 spiro atoms. The molecule has 112 valence electrons. The van der Waals surface area contributed by atoms with E-state index >= 15 is 0 Å². The maximum Gasteiger partial charge on any atom is 0.337 e. The lowest BCUT2D eigenvalue weighted by molar-refractivity contribution is 0.0692. The number of aromatic carboxylic acids is 1. The van der Waals surface area contributed by atoms with E-state index < -0.39 is 16.0 Å². The Morgan fingerprint density at radius 2 is 2.05 bits per heavy atom. The Morgan fingerprint density at radius 3 is 2.57 bits per heavy atom. The quantitative estimate of drug-likeness (QED) is 0.736. The number of hydrogen-bond acceptors (Lipinski definition) is 6. The predicted molar refractivity (Wildman–Crippen MR) is 80.2 cm³/mol. The number of aryl methyl sites for hydroxylation is 2. The summed E-state index contributed by atoms with van der Waals surface area (Å²) in [7, 11) is -4.08. The first kappa shape index (κ1) is 15.3. The predicted octanol–water partition coefficient (Wildman–Crippen LogP) is 1.84. The lowest BCUT2D eigenvalue weighted by Gasteiger charge is -2.09. The van der Waals surface area contributed by atoms with Crippen LogP contribution in [0.2, 0.25) is 0 Å². The summed E-state index contributed by atoms with van der Waals surface area (Å²) in [5, 5.41) is 9.27. The summed E-state index contributed by atoms with van der Waals surface area (Å²) >= 11 is 1.17. The molecule has 1 heterocycles. The van der Waals surface area contributed by atoms with Crippen molar-refractivity contribution in [2.75, 3.05) is 10.5 Å². The van der Waals surface area contributed by atoms with Gasteiger partial charge in [-0.2, -0.15) is 0 Å². The summed E-state index contributed by atoms with van der Waals surface area (Å²) in [4.78, 5) is 15.7. The van der Waals surface area contributed by atoms with E-state index in [1.165, 1.54) is 17.4 Å². The molecule has 0 saturated carbocycles. The number of nitrogen functional groups attached to an aromatic ring is 1. The number of hydrogen-bond donors (Lipinski definition) is 3. The van der Waals surface area contributed by atoms with Crippen LogP contribution in [0.4, 0.5) is 10.8 Å². The van der Waals surface area contributed by atoms with E-state index in [1.807, 2.05) is 6.92 Å². The second-order valence-electron chi connectivity index (χ2n) is 4.33. The van der Waals surface area contributed by atoms with Crippen LogP contribution in [0.25, 0.3) is 0 Å². The fourth-order valence-corrected chi connectivity index (χ4v) is 3.91. The van der Waals surface area contributed by atoms with Crippen molar-refractivity contribution < 1.29 is 18.3 Å². The minimum absolute atomic E-state index is 0.159. The molecule has 0 unspecified atom stereocenters. The number of rotatable bonds is 4. The number of nitrogens with zero attached hydrogens (tertiary/aromatic N) is 1. The molecule has 1 aromatic carbocycles. The van der Waals surface area contributed by atoms with Gasteiger partial charge in [0, 0.05) is 10.6 Å². The van der Waals surface area contributed by atoms with Gasteiger partial charge in [0.25, 0.3) is 10.0 Å². The molecular weight excluding hydrogens is 314 g/mol. The third kappa shape index (κ3) is 3.14. The Balaban J connectivity index is 2.49. The Labute approximate surface area is 125 Å². The molecule has 0 bridgehead atoms. The monoisotopic (exact) mass is 327 g/mol. The van der Waals surface area contributed by atoms with Gasteiger partial charge in [0.15, 0.2) is 5.13 Å². The number of carboxylic acids is 1. The van der Waals surface area contributed by atoms with Crippen molar-refractivity contribution >= 4 is 38.1 Å². The van der Waals surface area contributed by atoms with Crippen LogP contribution < -0.4 is 10.5 Å². The Morgan fingerprint density at radius 1 is 1.38 bits per heavy atom. The lowest BCUT2D eigenvalue weighted by Crippen LogP contribution is -2.17. The largest absolute Gasteiger partial charge is 0.478 e. The van der Waals surface area contributed by atoms with E-state index in [-0.39, 0.29) is 21.3 Å². The number of carboxylic acid groups (broad SMARTS) is 1. The highest BCUT2D eigenvalue weighted by atomic mass is 32.2. The van der Waals surface area contributed by atoms with Gasteiger partial charge < -0.3 is 10.8 Å². The smallest absolute Gasteiger partial charge is 0.337 e. The van der Waals surface area contributed by atoms with Crippen molar-refractivity contribution in [1.82, 2.24) is 4.98 Å². The fraction of sp³-hybridized carbons (Fsp3) is 0.167. The molecule has 7 nitrogen and oxygen atoms in total. The van der Waals surface area contributed by atoms with Gasteiger partial charge in [-0.3, -0.25) is 4.72 Å². The highest BCUT2D eigenvalue weighted by molar-refractivity contribution is 7.93. The summed E-state index contributed by atoms with van der Waals surface area (Å²) in [5.41, 5.74) is 6.07. The number of carbonyl (C=O) groups is 1. The molecule has 0 fully saturated rings. The molecule has 0 atom stereocenters. The highest BCUT2D eigenvalue weighted by Gasteiger charge is 2.24. The molecule has 4 N–H and O–H groups in total. The summed E-state index contributed by atoms with van der Waals surface area (Å²) in [6, 6.07) is 3.60. The normalized spacial score (nSPS) is 11.3. The molecule has 0 radical (unpaired) electrons. The maximum absolute atomic E-state index is 12.3. The SMILES string of the molecule is Cc1nc(NS(=O)(=O)c2cc(N)ccc2C(=O)O)sc1C. The van der Waals surface area contributed by atoms with E-state index in [4.69, 9.17) is 10.8 Å². The zero-order valence-electron chi connectivity index (χ0n) is 11.2. The van der Waals surface area contributed by atoms with Crippen molar-refractivity contribution in [3.63, 3.8) is 0 Å². The molecule has 2 rings (SSSR count). The van der Waals surface area contributed by atoms with Gasteiger partial charge in [-0.1, -0.05) is 0 Å². The van der Waals surface area contributed by atoms with Gasteiger partial charge in [0.05, 0.1) is 11.3 Å². The Kier molecular flexibility index (Phi) is 3.88. The first-order valence-electron chi connectivity index (χ1n) is 5.80. The molecule has 1 aromatic heterocycles. The summed E-state index contributed by atoms with van der Waals surface area (Å²) in [6.07, 6.45) is 0. The highest BCUT2D eigenvalue weighted by Crippen LogP contribution is 2.26. The van der Waals surface area contributed by atoms with Crippen LogP contribution in [0.5, 0.6) is 0 Å². The van der Waals surface area contributed by atoms with Gasteiger partial charge in [-0.05, 0) is 32.0 Å². The molecule has 0 aliphatic rings. The molecular formula is C12H13N3O4S2. The third-order valence-electron chi connectivity index (χ3n) is 2.78. The van der Waals surface area contributed by atoms with E-state index in [1.54, 1.807) is 6.92 Å². The summed E-state index contributed by atoms with van der Waals surface area (Å²) in [5.74, 6) is -1.35. The molecule has 0 aliphatic carbocycles. The number of benzene rings is 1. The van der Waals surface area contributed by atoms with Crippen LogP contribution in [0, 0.1) is 13.8 Å². The molecule has 2 aromatic rings. The fourth-order valence-electron chi connectivity index (χ4n) is 1.62. The van der Waals surface area contributed by atoms with Crippen LogP contribution in [-0.4, -0.2) is 24.5 Å². The average Bonchev–Trinajstić information content (AvgIpc) is 2.66. The molecule has 9 heteroatoms. The number of nitrogens with two attached hydrogens (primary N) is 1. The van der Waals surface area contributed by atoms with Gasteiger partial charge in [-0.15, -0.1) is 11.3 Å². The molecule has 0 saturated heterocycles. The Bertz CT molecular complexity index is 792. The molecule has 0 amide bonds. The van der Waals surface area contributed by atoms with Crippen LogP contribution in [0.1, 0.15) is 20.9 Å². The van der Waals surface area contributed by atoms with Gasteiger partial charge in [-0.25, -0.2) is 18.2 Å². The lowest BCUT2D eigenvalue weighted by atomic mass is 10.2. The van der Waals surface area contributed by atoms with Crippen LogP contribution in [0.15, 0.2) is 23.1 Å². The topological polar surface area (TPSA) is 122 Å². The van der Waals surface area contributed by atoms with Crippen molar-refractivity contribution in [1.29, 1.82) is 0 Å². The van der Waals surface area contributed by atoms with Crippen molar-refractivity contribution in [3.8, 4) is 0 Å². The first-order chi connectivity index (χ1) is 9.70. The van der Waals surface area contributed by atoms with Gasteiger partial charge in [0.2, 0.25) is 0 Å². The van der Waals surface area contributed by atoms with Gasteiger partial charge in [0.1, 0.15) is 4.90 Å². The third-order valence-corrected chi connectivity index (χ3v) is 5.27. The van der Waals surface area contributed by atoms with E-state index in [0.29, 0.717) is 5.69 Å². The van der Waals surface area contributed by atoms with Crippen molar-refractivity contribution in [2.24, 2.45) is 0 Å². The summed E-state index contributed by atoms with van der Waals surface area (Å²) in [6.45, 7) is 3.57. The minimum atomic E-state index is -4.08.